The summed E-state index contributed by atoms with van der Waals surface area (Å²) in [5.74, 6) is 0. The van der Waals surface area contributed by atoms with E-state index in [9.17, 15) is 5.11 Å². The molecule has 0 aromatic carbocycles. The highest BCUT2D eigenvalue weighted by Gasteiger charge is 2.07. The third-order valence-corrected chi connectivity index (χ3v) is 2.89. The highest BCUT2D eigenvalue weighted by Crippen LogP contribution is 2.03. The van der Waals surface area contributed by atoms with Crippen molar-refractivity contribution in [3.8, 4) is 0 Å². The Morgan fingerprint density at radius 1 is 1.19 bits per heavy atom. The van der Waals surface area contributed by atoms with Crippen molar-refractivity contribution in [2.45, 2.75) is 64.5 Å². The summed E-state index contributed by atoms with van der Waals surface area (Å²) in [6.45, 7) is 6.00. The van der Waals surface area contributed by atoms with Gasteiger partial charge in [-0.2, -0.15) is 0 Å². The summed E-state index contributed by atoms with van der Waals surface area (Å²) >= 11 is 0. The predicted octanol–water partition coefficient (Wildman–Crippen LogP) is 2.33. The van der Waals surface area contributed by atoms with Gasteiger partial charge in [-0.25, -0.2) is 0 Å². The first kappa shape index (κ1) is 15.9. The zero-order chi connectivity index (χ0) is 12.2. The van der Waals surface area contributed by atoms with Crippen LogP contribution >= 0.6 is 0 Å². The molecule has 2 unspecified atom stereocenters. The van der Waals surface area contributed by atoms with Crippen molar-refractivity contribution in [2.75, 3.05) is 20.3 Å². The molecule has 0 bridgehead atoms. The van der Waals surface area contributed by atoms with E-state index >= 15 is 0 Å². The number of hydrogen-bond donors (Lipinski definition) is 2. The molecule has 0 rings (SSSR count). The molecule has 2 N–H and O–H groups in total. The highest BCUT2D eigenvalue weighted by molar-refractivity contribution is 4.66. The summed E-state index contributed by atoms with van der Waals surface area (Å²) in [7, 11) is 1.75. The van der Waals surface area contributed by atoms with Gasteiger partial charge in [0.05, 0.1) is 12.7 Å². The van der Waals surface area contributed by atoms with Gasteiger partial charge < -0.3 is 15.2 Å². The first-order valence-corrected chi connectivity index (χ1v) is 6.64. The number of aliphatic hydroxyl groups excluding tert-OH is 1. The van der Waals surface area contributed by atoms with Crippen LogP contribution in [-0.4, -0.2) is 37.5 Å². The van der Waals surface area contributed by atoms with E-state index in [0.717, 1.165) is 32.4 Å². The van der Waals surface area contributed by atoms with Gasteiger partial charge >= 0.3 is 0 Å². The van der Waals surface area contributed by atoms with Crippen LogP contribution in [0, 0.1) is 0 Å². The van der Waals surface area contributed by atoms with E-state index in [1.54, 1.807) is 7.11 Å². The van der Waals surface area contributed by atoms with E-state index in [1.165, 1.54) is 19.3 Å². The number of ether oxygens (including phenoxy) is 1. The normalized spacial score (nSPS) is 15.0. The number of rotatable bonds is 11. The molecule has 0 saturated heterocycles. The lowest BCUT2D eigenvalue weighted by molar-refractivity contribution is 0.149. The van der Waals surface area contributed by atoms with Crippen molar-refractivity contribution < 1.29 is 9.84 Å². The van der Waals surface area contributed by atoms with Crippen LogP contribution in [0.15, 0.2) is 0 Å². The van der Waals surface area contributed by atoms with Crippen LogP contribution in [-0.2, 0) is 4.74 Å². The summed E-state index contributed by atoms with van der Waals surface area (Å²) in [5.41, 5.74) is 0. The fourth-order valence-corrected chi connectivity index (χ4v) is 1.74. The van der Waals surface area contributed by atoms with Crippen LogP contribution in [0.2, 0.25) is 0 Å². The molecule has 0 aliphatic rings. The molecule has 0 amide bonds. The van der Waals surface area contributed by atoms with Gasteiger partial charge in [-0.1, -0.05) is 26.7 Å². The minimum Gasteiger partial charge on any atom is -0.393 e. The number of unbranched alkanes of at least 4 members (excludes halogenated alkanes) is 1. The Hall–Kier alpha value is -0.120. The molecule has 0 spiro atoms. The summed E-state index contributed by atoms with van der Waals surface area (Å²) in [6.07, 6.45) is 6.34. The molecule has 0 aliphatic carbocycles. The molecule has 0 aliphatic heterocycles. The van der Waals surface area contributed by atoms with Crippen molar-refractivity contribution >= 4 is 0 Å². The van der Waals surface area contributed by atoms with E-state index in [0.29, 0.717) is 6.04 Å². The summed E-state index contributed by atoms with van der Waals surface area (Å²) in [6, 6.07) is 0.476. The molecular formula is C13H29NO2. The third-order valence-electron chi connectivity index (χ3n) is 2.89. The van der Waals surface area contributed by atoms with E-state index in [-0.39, 0.29) is 6.10 Å². The molecule has 0 heterocycles. The molecule has 3 nitrogen and oxygen atoms in total. The van der Waals surface area contributed by atoms with Gasteiger partial charge in [0.2, 0.25) is 0 Å². The second-order valence-electron chi connectivity index (χ2n) is 4.45. The van der Waals surface area contributed by atoms with Crippen LogP contribution in [0.25, 0.3) is 0 Å². The molecule has 0 aromatic rings. The topological polar surface area (TPSA) is 41.5 Å². The summed E-state index contributed by atoms with van der Waals surface area (Å²) < 4.78 is 5.19. The Morgan fingerprint density at radius 3 is 2.50 bits per heavy atom. The minimum absolute atomic E-state index is 0.127. The SMILES string of the molecule is CCCCC(COC)NCCCC(O)CC. The standard InChI is InChI=1S/C13H29NO2/c1-4-6-8-12(11-16-3)14-10-7-9-13(15)5-2/h12-15H,4-11H2,1-3H3. The van der Waals surface area contributed by atoms with Gasteiger partial charge in [0, 0.05) is 13.2 Å². The number of hydrogen-bond acceptors (Lipinski definition) is 3. The lowest BCUT2D eigenvalue weighted by atomic mass is 10.1. The third kappa shape index (κ3) is 9.13. The molecule has 0 aromatic heterocycles. The van der Waals surface area contributed by atoms with Gasteiger partial charge in [-0.05, 0) is 32.2 Å². The molecule has 0 fully saturated rings. The maximum absolute atomic E-state index is 9.42. The average Bonchev–Trinajstić information content (AvgIpc) is 2.30. The monoisotopic (exact) mass is 231 g/mol. The lowest BCUT2D eigenvalue weighted by Crippen LogP contribution is -2.34. The summed E-state index contributed by atoms with van der Waals surface area (Å²) in [5, 5.41) is 12.9. The van der Waals surface area contributed by atoms with Gasteiger partial charge in [0.1, 0.15) is 0 Å². The molecule has 98 valence electrons. The second-order valence-corrected chi connectivity index (χ2v) is 4.45. The number of methoxy groups -OCH3 is 1. The van der Waals surface area contributed by atoms with Gasteiger partial charge in [0.15, 0.2) is 0 Å². The molecule has 0 radical (unpaired) electrons. The fraction of sp³-hybridized carbons (Fsp3) is 1.00. The zero-order valence-corrected chi connectivity index (χ0v) is 11.2. The van der Waals surface area contributed by atoms with Crippen LogP contribution < -0.4 is 5.32 Å². The van der Waals surface area contributed by atoms with Crippen LogP contribution in [0.5, 0.6) is 0 Å². The van der Waals surface area contributed by atoms with E-state index in [1.807, 2.05) is 6.92 Å². The zero-order valence-electron chi connectivity index (χ0n) is 11.2. The Balaban J connectivity index is 3.50. The Kier molecular flexibility index (Phi) is 11.3. The Morgan fingerprint density at radius 2 is 1.94 bits per heavy atom. The van der Waals surface area contributed by atoms with Gasteiger partial charge in [0.25, 0.3) is 0 Å². The van der Waals surface area contributed by atoms with Crippen molar-refractivity contribution in [2.24, 2.45) is 0 Å². The maximum atomic E-state index is 9.42. The number of aliphatic hydroxyl groups is 1. The lowest BCUT2D eigenvalue weighted by Gasteiger charge is -2.18. The number of nitrogens with one attached hydrogen (secondary N) is 1. The molecule has 3 heteroatoms. The molecule has 16 heavy (non-hydrogen) atoms. The predicted molar refractivity (Wildman–Crippen MR) is 68.7 cm³/mol. The van der Waals surface area contributed by atoms with Crippen LogP contribution in [0.4, 0.5) is 0 Å². The molecular weight excluding hydrogens is 202 g/mol. The van der Waals surface area contributed by atoms with E-state index in [4.69, 9.17) is 4.74 Å². The Bertz CT molecular complexity index is 142. The Labute approximate surface area is 101 Å². The van der Waals surface area contributed by atoms with Crippen molar-refractivity contribution in [1.29, 1.82) is 0 Å². The smallest absolute Gasteiger partial charge is 0.0615 e. The molecule has 2 atom stereocenters. The second kappa shape index (κ2) is 11.4. The summed E-state index contributed by atoms with van der Waals surface area (Å²) in [4.78, 5) is 0. The van der Waals surface area contributed by atoms with Gasteiger partial charge in [-0.15, -0.1) is 0 Å². The van der Waals surface area contributed by atoms with E-state index in [2.05, 4.69) is 12.2 Å². The first-order valence-electron chi connectivity index (χ1n) is 6.64. The van der Waals surface area contributed by atoms with Crippen molar-refractivity contribution in [1.82, 2.24) is 5.32 Å². The molecule has 0 saturated carbocycles. The quantitative estimate of drug-likeness (QED) is 0.536. The average molecular weight is 231 g/mol. The largest absolute Gasteiger partial charge is 0.393 e. The van der Waals surface area contributed by atoms with Crippen LogP contribution in [0.1, 0.15) is 52.4 Å². The first-order chi connectivity index (χ1) is 7.74. The highest BCUT2D eigenvalue weighted by atomic mass is 16.5. The van der Waals surface area contributed by atoms with Crippen molar-refractivity contribution in [3.63, 3.8) is 0 Å². The van der Waals surface area contributed by atoms with Crippen molar-refractivity contribution in [3.05, 3.63) is 0 Å². The van der Waals surface area contributed by atoms with Gasteiger partial charge in [-0.3, -0.25) is 0 Å². The van der Waals surface area contributed by atoms with Crippen LogP contribution in [0.3, 0.4) is 0 Å². The maximum Gasteiger partial charge on any atom is 0.0615 e. The fourth-order valence-electron chi connectivity index (χ4n) is 1.74. The van der Waals surface area contributed by atoms with E-state index < -0.39 is 0 Å². The minimum atomic E-state index is -0.127.